The van der Waals surface area contributed by atoms with Gasteiger partial charge in [-0.2, -0.15) is 5.10 Å². The number of H-pyrrole nitrogens is 1. The zero-order valence-corrected chi connectivity index (χ0v) is 9.89. The van der Waals surface area contributed by atoms with Gasteiger partial charge in [0.05, 0.1) is 11.8 Å². The number of halogens is 2. The molecule has 0 saturated heterocycles. The lowest BCUT2D eigenvalue weighted by atomic mass is 10.2. The Morgan fingerprint density at radius 3 is 2.80 bits per heavy atom. The average molecular weight is 281 g/mol. The van der Waals surface area contributed by atoms with Crippen molar-refractivity contribution in [1.82, 2.24) is 10.2 Å². The number of benzene rings is 1. The highest BCUT2D eigenvalue weighted by atomic mass is 19.2. The molecule has 7 nitrogen and oxygen atoms in total. The fourth-order valence-corrected chi connectivity index (χ4v) is 1.45. The topological polar surface area (TPSA) is 116 Å². The Morgan fingerprint density at radius 1 is 1.40 bits per heavy atom. The van der Waals surface area contributed by atoms with E-state index in [1.807, 2.05) is 0 Å². The Labute approximate surface area is 111 Å². The smallest absolute Gasteiger partial charge is 0.256 e. The number of nitrogens with one attached hydrogen (secondary N) is 2. The number of aromatic amines is 1. The average Bonchev–Trinajstić information content (AvgIpc) is 2.89. The van der Waals surface area contributed by atoms with Crippen molar-refractivity contribution in [3.05, 3.63) is 47.2 Å². The molecule has 0 aliphatic carbocycles. The molecule has 9 heteroatoms. The first-order valence-corrected chi connectivity index (χ1v) is 5.30. The van der Waals surface area contributed by atoms with Gasteiger partial charge < -0.3 is 16.3 Å². The quantitative estimate of drug-likeness (QED) is 0.291. The molecule has 2 aromatic rings. The molecule has 0 aliphatic heterocycles. The minimum Gasteiger partial charge on any atom is -0.409 e. The lowest BCUT2D eigenvalue weighted by Gasteiger charge is -2.05. The van der Waals surface area contributed by atoms with E-state index in [1.54, 1.807) is 0 Å². The number of amides is 1. The number of nitrogens with two attached hydrogens (primary N) is 1. The van der Waals surface area contributed by atoms with Crippen molar-refractivity contribution >= 4 is 17.6 Å². The molecule has 2 rings (SSSR count). The van der Waals surface area contributed by atoms with E-state index in [-0.39, 0.29) is 22.8 Å². The number of carbonyl (C=O) groups excluding carboxylic acids is 1. The summed E-state index contributed by atoms with van der Waals surface area (Å²) in [5.41, 5.74) is 5.44. The third-order valence-corrected chi connectivity index (χ3v) is 2.44. The summed E-state index contributed by atoms with van der Waals surface area (Å²) in [5.74, 6) is -3.10. The number of nitrogens with zero attached hydrogens (tertiary/aromatic N) is 2. The number of hydrogen-bond donors (Lipinski definition) is 4. The summed E-state index contributed by atoms with van der Waals surface area (Å²) in [4.78, 5) is 11.8. The Hall–Kier alpha value is -2.97. The van der Waals surface area contributed by atoms with Crippen LogP contribution >= 0.6 is 0 Å². The minimum atomic E-state index is -1.14. The van der Waals surface area contributed by atoms with Crippen LogP contribution in [-0.2, 0) is 0 Å². The van der Waals surface area contributed by atoms with E-state index < -0.39 is 17.5 Å². The van der Waals surface area contributed by atoms with E-state index in [0.29, 0.717) is 0 Å². The molecule has 20 heavy (non-hydrogen) atoms. The van der Waals surface area contributed by atoms with Gasteiger partial charge in [0.1, 0.15) is 5.82 Å². The van der Waals surface area contributed by atoms with Crippen molar-refractivity contribution < 1.29 is 18.8 Å². The van der Waals surface area contributed by atoms with Crippen LogP contribution in [0.4, 0.5) is 14.6 Å². The van der Waals surface area contributed by atoms with Crippen molar-refractivity contribution in [3.8, 4) is 0 Å². The molecule has 0 saturated carbocycles. The number of oxime groups is 1. The number of aromatic nitrogens is 2. The highest BCUT2D eigenvalue weighted by Crippen LogP contribution is 2.14. The zero-order chi connectivity index (χ0) is 14.7. The molecular weight excluding hydrogens is 272 g/mol. The largest absolute Gasteiger partial charge is 0.409 e. The lowest BCUT2D eigenvalue weighted by Crippen LogP contribution is -2.18. The van der Waals surface area contributed by atoms with Gasteiger partial charge in [-0.15, -0.1) is 0 Å². The number of anilines is 1. The first-order valence-electron chi connectivity index (χ1n) is 5.30. The van der Waals surface area contributed by atoms with Crippen LogP contribution in [0.1, 0.15) is 15.9 Å². The maximum Gasteiger partial charge on any atom is 0.256 e. The van der Waals surface area contributed by atoms with Gasteiger partial charge in [-0.1, -0.05) is 5.16 Å². The van der Waals surface area contributed by atoms with Gasteiger partial charge in [-0.25, -0.2) is 8.78 Å². The van der Waals surface area contributed by atoms with Gasteiger partial charge in [0.25, 0.3) is 5.91 Å². The van der Waals surface area contributed by atoms with E-state index in [1.165, 1.54) is 6.20 Å². The second-order valence-corrected chi connectivity index (χ2v) is 3.73. The summed E-state index contributed by atoms with van der Waals surface area (Å²) in [6.45, 7) is 0. The van der Waals surface area contributed by atoms with Crippen LogP contribution in [0.2, 0.25) is 0 Å². The number of rotatable bonds is 3. The van der Waals surface area contributed by atoms with E-state index in [2.05, 4.69) is 20.7 Å². The number of amidine groups is 1. The predicted octanol–water partition coefficient (Wildman–Crippen LogP) is 1.03. The molecule has 0 spiro atoms. The van der Waals surface area contributed by atoms with Gasteiger partial charge in [-0.05, 0) is 18.2 Å². The normalized spacial score (nSPS) is 11.4. The summed E-state index contributed by atoms with van der Waals surface area (Å²) in [5, 5.41) is 19.7. The molecule has 104 valence electrons. The Bertz CT molecular complexity index is 683. The maximum atomic E-state index is 13.0. The fourth-order valence-electron chi connectivity index (χ4n) is 1.45. The van der Waals surface area contributed by atoms with E-state index in [9.17, 15) is 13.6 Å². The molecule has 1 aromatic heterocycles. The van der Waals surface area contributed by atoms with Gasteiger partial charge in [0.2, 0.25) is 0 Å². The minimum absolute atomic E-state index is 0.0648. The molecule has 1 amide bonds. The highest BCUT2D eigenvalue weighted by Gasteiger charge is 2.15. The maximum absolute atomic E-state index is 13.0. The molecule has 1 aromatic carbocycles. The van der Waals surface area contributed by atoms with E-state index >= 15 is 0 Å². The highest BCUT2D eigenvalue weighted by molar-refractivity contribution is 6.08. The van der Waals surface area contributed by atoms with Crippen LogP contribution in [0.15, 0.2) is 29.6 Å². The van der Waals surface area contributed by atoms with Crippen LogP contribution in [-0.4, -0.2) is 27.1 Å². The summed E-state index contributed by atoms with van der Waals surface area (Å²) >= 11 is 0. The SMILES string of the molecule is NC(=NO)c1cn[nH]c1NC(=O)c1ccc(F)c(F)c1. The van der Waals surface area contributed by atoms with Crippen molar-refractivity contribution in [2.24, 2.45) is 10.9 Å². The second kappa shape index (κ2) is 5.34. The standard InChI is InChI=1S/C11H9F2N5O2/c12-7-2-1-5(3-8(7)13)11(19)16-10-6(4-15-17-10)9(14)18-20/h1-4,20H,(H2,14,18)(H2,15,16,17,19). The monoisotopic (exact) mass is 281 g/mol. The zero-order valence-electron chi connectivity index (χ0n) is 9.89. The second-order valence-electron chi connectivity index (χ2n) is 3.73. The van der Waals surface area contributed by atoms with Crippen LogP contribution in [0.25, 0.3) is 0 Å². The van der Waals surface area contributed by atoms with Crippen molar-refractivity contribution in [2.45, 2.75) is 0 Å². The molecule has 5 N–H and O–H groups in total. The van der Waals surface area contributed by atoms with E-state index in [0.717, 1.165) is 18.2 Å². The first-order chi connectivity index (χ1) is 9.52. The van der Waals surface area contributed by atoms with Crippen LogP contribution in [0, 0.1) is 11.6 Å². The van der Waals surface area contributed by atoms with Crippen molar-refractivity contribution in [3.63, 3.8) is 0 Å². The fraction of sp³-hybridized carbons (Fsp3) is 0. The summed E-state index contributed by atoms with van der Waals surface area (Å²) in [6, 6.07) is 2.71. The molecule has 0 aliphatic rings. The Morgan fingerprint density at radius 2 is 2.15 bits per heavy atom. The van der Waals surface area contributed by atoms with Gasteiger partial charge in [0, 0.05) is 5.56 Å². The van der Waals surface area contributed by atoms with Gasteiger partial charge in [0.15, 0.2) is 17.5 Å². The molecule has 0 unspecified atom stereocenters. The summed E-state index contributed by atoms with van der Waals surface area (Å²) in [6.07, 6.45) is 1.23. The van der Waals surface area contributed by atoms with Crippen molar-refractivity contribution in [1.29, 1.82) is 0 Å². The molecule has 0 bridgehead atoms. The Balaban J connectivity index is 2.24. The molecule has 0 atom stereocenters. The van der Waals surface area contributed by atoms with Crippen LogP contribution in [0.3, 0.4) is 0 Å². The first kappa shape index (κ1) is 13.5. The Kier molecular flexibility index (Phi) is 3.60. The van der Waals surface area contributed by atoms with Gasteiger partial charge >= 0.3 is 0 Å². The molecule has 0 radical (unpaired) electrons. The molecule has 0 fully saturated rings. The third-order valence-electron chi connectivity index (χ3n) is 2.44. The third kappa shape index (κ3) is 2.55. The van der Waals surface area contributed by atoms with Crippen molar-refractivity contribution in [2.75, 3.05) is 5.32 Å². The molecular formula is C11H9F2N5O2. The summed E-state index contributed by atoms with van der Waals surface area (Å²) < 4.78 is 25.8. The summed E-state index contributed by atoms with van der Waals surface area (Å²) in [7, 11) is 0. The van der Waals surface area contributed by atoms with Gasteiger partial charge in [-0.3, -0.25) is 9.89 Å². The number of carbonyl (C=O) groups is 1. The number of hydrogen-bond acceptors (Lipinski definition) is 4. The van der Waals surface area contributed by atoms with Crippen LogP contribution < -0.4 is 11.1 Å². The molecule has 1 heterocycles. The van der Waals surface area contributed by atoms with E-state index in [4.69, 9.17) is 10.9 Å². The predicted molar refractivity (Wildman–Crippen MR) is 65.4 cm³/mol. The lowest BCUT2D eigenvalue weighted by molar-refractivity contribution is 0.102. The van der Waals surface area contributed by atoms with Crippen LogP contribution in [0.5, 0.6) is 0 Å².